The molecule has 1 aromatic carbocycles. The third-order valence-corrected chi connectivity index (χ3v) is 3.52. The number of hydrogen-bond donors (Lipinski definition) is 2. The Morgan fingerprint density at radius 3 is 2.25 bits per heavy atom. The van der Waals surface area contributed by atoms with Crippen LogP contribution in [0.15, 0.2) is 24.3 Å². The van der Waals surface area contributed by atoms with Gasteiger partial charge in [-0.05, 0) is 30.7 Å². The van der Waals surface area contributed by atoms with Crippen molar-refractivity contribution in [3.05, 3.63) is 35.4 Å². The molecule has 6 heteroatoms. The van der Waals surface area contributed by atoms with Gasteiger partial charge < -0.3 is 15.5 Å². The molecular formula is C18H30ClN3O2. The van der Waals surface area contributed by atoms with Gasteiger partial charge in [0.1, 0.15) is 0 Å². The fraction of sp³-hybridized carbons (Fsp3) is 0.556. The highest BCUT2D eigenvalue weighted by Gasteiger charge is 2.13. The maximum Gasteiger partial charge on any atom is 0.251 e. The summed E-state index contributed by atoms with van der Waals surface area (Å²) in [5, 5.41) is 6.13. The van der Waals surface area contributed by atoms with Gasteiger partial charge in [0, 0.05) is 38.2 Å². The Morgan fingerprint density at radius 1 is 1.08 bits per heavy atom. The van der Waals surface area contributed by atoms with E-state index in [1.807, 2.05) is 26.0 Å². The number of nitrogens with zero attached hydrogens (tertiary/aromatic N) is 1. The zero-order valence-electron chi connectivity index (χ0n) is 15.1. The zero-order valence-corrected chi connectivity index (χ0v) is 15.9. The summed E-state index contributed by atoms with van der Waals surface area (Å²) in [6.45, 7) is 8.81. The molecule has 0 atom stereocenters. The number of halogens is 1. The van der Waals surface area contributed by atoms with Gasteiger partial charge in [0.25, 0.3) is 5.91 Å². The second-order valence-corrected chi connectivity index (χ2v) is 6.05. The summed E-state index contributed by atoms with van der Waals surface area (Å²) < 4.78 is 0. The number of amides is 2. The van der Waals surface area contributed by atoms with Crippen LogP contribution in [0.3, 0.4) is 0 Å². The minimum atomic E-state index is -0.0681. The van der Waals surface area contributed by atoms with Gasteiger partial charge >= 0.3 is 0 Å². The van der Waals surface area contributed by atoms with Crippen LogP contribution in [0, 0.1) is 5.92 Å². The number of rotatable bonds is 9. The SMILES string of the molecule is CCCNCCNC(=O)c1ccc(CN(C)C(=O)C(C)C)cc1.Cl. The number of carbonyl (C=O) groups excluding carboxylic acids is 2. The monoisotopic (exact) mass is 355 g/mol. The molecule has 24 heavy (non-hydrogen) atoms. The van der Waals surface area contributed by atoms with Crippen molar-refractivity contribution in [1.82, 2.24) is 15.5 Å². The predicted octanol–water partition coefficient (Wildman–Crippen LogP) is 2.45. The molecule has 0 aliphatic rings. The zero-order chi connectivity index (χ0) is 17.2. The lowest BCUT2D eigenvalue weighted by molar-refractivity contribution is -0.133. The summed E-state index contributed by atoms with van der Waals surface area (Å²) in [5.74, 6) is 0.0410. The Labute approximate surface area is 151 Å². The fourth-order valence-corrected chi connectivity index (χ4v) is 2.22. The van der Waals surface area contributed by atoms with E-state index < -0.39 is 0 Å². The number of carbonyl (C=O) groups is 2. The summed E-state index contributed by atoms with van der Waals surface area (Å²) >= 11 is 0. The molecule has 1 aromatic rings. The molecule has 0 unspecified atom stereocenters. The molecule has 2 N–H and O–H groups in total. The molecule has 0 aliphatic heterocycles. The lowest BCUT2D eigenvalue weighted by atomic mass is 10.1. The summed E-state index contributed by atoms with van der Waals surface area (Å²) in [4.78, 5) is 25.6. The molecule has 0 spiro atoms. The second kappa shape index (κ2) is 11.9. The van der Waals surface area contributed by atoms with Gasteiger partial charge in [-0.3, -0.25) is 9.59 Å². The predicted molar refractivity (Wildman–Crippen MR) is 100 cm³/mol. The minimum Gasteiger partial charge on any atom is -0.351 e. The number of benzene rings is 1. The van der Waals surface area contributed by atoms with Crippen LogP contribution in [0.1, 0.15) is 43.1 Å². The fourth-order valence-electron chi connectivity index (χ4n) is 2.22. The van der Waals surface area contributed by atoms with E-state index in [4.69, 9.17) is 0 Å². The van der Waals surface area contributed by atoms with Crippen molar-refractivity contribution < 1.29 is 9.59 Å². The molecule has 0 fully saturated rings. The largest absolute Gasteiger partial charge is 0.351 e. The molecular weight excluding hydrogens is 326 g/mol. The quantitative estimate of drug-likeness (QED) is 0.669. The first kappa shape index (κ1) is 22.4. The van der Waals surface area contributed by atoms with Crippen LogP contribution < -0.4 is 10.6 Å². The van der Waals surface area contributed by atoms with Gasteiger partial charge in [-0.25, -0.2) is 0 Å². The summed E-state index contributed by atoms with van der Waals surface area (Å²) in [7, 11) is 1.80. The van der Waals surface area contributed by atoms with Crippen LogP contribution in [0.4, 0.5) is 0 Å². The van der Waals surface area contributed by atoms with Crippen molar-refractivity contribution in [2.24, 2.45) is 5.92 Å². The Hall–Kier alpha value is -1.59. The van der Waals surface area contributed by atoms with Crippen LogP contribution >= 0.6 is 12.4 Å². The van der Waals surface area contributed by atoms with Crippen molar-refractivity contribution in [3.63, 3.8) is 0 Å². The smallest absolute Gasteiger partial charge is 0.251 e. The molecule has 0 radical (unpaired) electrons. The van der Waals surface area contributed by atoms with Crippen LogP contribution in [-0.4, -0.2) is 43.4 Å². The summed E-state index contributed by atoms with van der Waals surface area (Å²) in [6.07, 6.45) is 1.09. The molecule has 0 saturated carbocycles. The van der Waals surface area contributed by atoms with Crippen LogP contribution in [0.25, 0.3) is 0 Å². The van der Waals surface area contributed by atoms with E-state index in [0.717, 1.165) is 25.1 Å². The summed E-state index contributed by atoms with van der Waals surface area (Å²) in [5.41, 5.74) is 1.66. The first-order valence-electron chi connectivity index (χ1n) is 8.28. The van der Waals surface area contributed by atoms with E-state index in [-0.39, 0.29) is 30.1 Å². The van der Waals surface area contributed by atoms with E-state index in [0.29, 0.717) is 18.7 Å². The maximum atomic E-state index is 12.0. The average molecular weight is 356 g/mol. The van der Waals surface area contributed by atoms with Crippen LogP contribution in [0.2, 0.25) is 0 Å². The van der Waals surface area contributed by atoms with Crippen molar-refractivity contribution in [2.45, 2.75) is 33.7 Å². The van der Waals surface area contributed by atoms with Gasteiger partial charge in [-0.2, -0.15) is 0 Å². The molecule has 0 aromatic heterocycles. The van der Waals surface area contributed by atoms with E-state index in [1.54, 1.807) is 24.1 Å². The standard InChI is InChI=1S/C18H29N3O2.ClH/c1-5-10-19-11-12-20-17(22)16-8-6-15(7-9-16)13-21(4)18(23)14(2)3;/h6-9,14,19H,5,10-13H2,1-4H3,(H,20,22);1H. The van der Waals surface area contributed by atoms with E-state index in [2.05, 4.69) is 17.6 Å². The van der Waals surface area contributed by atoms with Crippen molar-refractivity contribution >= 4 is 24.2 Å². The first-order valence-corrected chi connectivity index (χ1v) is 8.28. The van der Waals surface area contributed by atoms with Gasteiger partial charge in [0.15, 0.2) is 0 Å². The lowest BCUT2D eigenvalue weighted by Gasteiger charge is -2.19. The minimum absolute atomic E-state index is 0. The van der Waals surface area contributed by atoms with Crippen molar-refractivity contribution in [3.8, 4) is 0 Å². The Kier molecular flexibility index (Phi) is 11.1. The van der Waals surface area contributed by atoms with Crippen LogP contribution in [-0.2, 0) is 11.3 Å². The third kappa shape index (κ3) is 7.79. The van der Waals surface area contributed by atoms with Gasteiger partial charge in [-0.1, -0.05) is 32.9 Å². The lowest BCUT2D eigenvalue weighted by Crippen LogP contribution is -2.32. The molecule has 5 nitrogen and oxygen atoms in total. The topological polar surface area (TPSA) is 61.4 Å². The molecule has 0 saturated heterocycles. The third-order valence-electron chi connectivity index (χ3n) is 3.52. The normalized spacial score (nSPS) is 10.2. The molecule has 0 aliphatic carbocycles. The summed E-state index contributed by atoms with van der Waals surface area (Å²) in [6, 6.07) is 7.40. The first-order chi connectivity index (χ1) is 11.0. The maximum absolute atomic E-state index is 12.0. The van der Waals surface area contributed by atoms with E-state index in [9.17, 15) is 9.59 Å². The van der Waals surface area contributed by atoms with Gasteiger partial charge in [0.2, 0.25) is 5.91 Å². The Bertz CT molecular complexity index is 503. The number of hydrogen-bond acceptors (Lipinski definition) is 3. The van der Waals surface area contributed by atoms with Crippen molar-refractivity contribution in [1.29, 1.82) is 0 Å². The highest BCUT2D eigenvalue weighted by Crippen LogP contribution is 2.09. The highest BCUT2D eigenvalue weighted by atomic mass is 35.5. The number of nitrogens with one attached hydrogen (secondary N) is 2. The highest BCUT2D eigenvalue weighted by molar-refractivity contribution is 5.94. The average Bonchev–Trinajstić information content (AvgIpc) is 2.54. The Balaban J connectivity index is 0.00000529. The second-order valence-electron chi connectivity index (χ2n) is 6.05. The van der Waals surface area contributed by atoms with Gasteiger partial charge in [0.05, 0.1) is 0 Å². The molecule has 1 rings (SSSR count). The van der Waals surface area contributed by atoms with E-state index >= 15 is 0 Å². The molecule has 136 valence electrons. The van der Waals surface area contributed by atoms with E-state index in [1.165, 1.54) is 0 Å². The molecule has 0 bridgehead atoms. The van der Waals surface area contributed by atoms with Crippen LogP contribution in [0.5, 0.6) is 0 Å². The van der Waals surface area contributed by atoms with Crippen molar-refractivity contribution in [2.75, 3.05) is 26.7 Å². The Morgan fingerprint density at radius 2 is 1.71 bits per heavy atom. The van der Waals surface area contributed by atoms with Gasteiger partial charge in [-0.15, -0.1) is 12.4 Å². The molecule has 0 heterocycles. The molecule has 2 amide bonds.